The molecule has 1 rings (SSSR count). The monoisotopic (exact) mass is 136 g/mol. The predicted molar refractivity (Wildman–Crippen MR) is 25.1 cm³/mol. The van der Waals surface area contributed by atoms with Crippen molar-refractivity contribution in [3.63, 3.8) is 0 Å². The van der Waals surface area contributed by atoms with E-state index in [4.69, 9.17) is 0 Å². The van der Waals surface area contributed by atoms with E-state index in [0.29, 0.717) is 0 Å². The summed E-state index contributed by atoms with van der Waals surface area (Å²) in [5.41, 5.74) is 0. The molecule has 0 aromatic rings. The van der Waals surface area contributed by atoms with Gasteiger partial charge in [0, 0.05) is 0 Å². The Morgan fingerprint density at radius 2 is 2.12 bits per heavy atom. The summed E-state index contributed by atoms with van der Waals surface area (Å²) in [4.78, 5) is 10.1. The number of sulfone groups is 1. The van der Waals surface area contributed by atoms with Crippen LogP contribution in [-0.2, 0) is 14.6 Å². The minimum atomic E-state index is -3.49. The largest absolute Gasteiger partial charge is 0.453 e. The van der Waals surface area contributed by atoms with Gasteiger partial charge in [-0.3, -0.25) is 0 Å². The molecule has 8 heavy (non-hydrogen) atoms. The van der Waals surface area contributed by atoms with Gasteiger partial charge in [0.05, 0.1) is 5.75 Å². The number of hydrogen-bond donors (Lipinski definition) is 0. The Hall–Kier alpha value is -0.580. The average molecular weight is 136 g/mol. The third-order valence-electron chi connectivity index (χ3n) is 0.826. The van der Waals surface area contributed by atoms with Gasteiger partial charge in [0.25, 0.3) is 9.84 Å². The van der Waals surface area contributed by atoms with Gasteiger partial charge in [-0.2, -0.15) is 0 Å². The summed E-state index contributed by atoms with van der Waals surface area (Å²) < 4.78 is 24.7. The van der Waals surface area contributed by atoms with Crippen LogP contribution >= 0.6 is 0 Å². The molecule has 0 aromatic carbocycles. The van der Waals surface area contributed by atoms with Crippen LogP contribution in [0, 0.1) is 0 Å². The van der Waals surface area contributed by atoms with Crippen LogP contribution in [0.4, 0.5) is 4.79 Å². The zero-order valence-corrected chi connectivity index (χ0v) is 4.77. The van der Waals surface area contributed by atoms with Gasteiger partial charge in [-0.15, -0.1) is 0 Å². The molecule has 0 aliphatic carbocycles. The first-order valence-electron chi connectivity index (χ1n) is 2.02. The lowest BCUT2D eigenvalue weighted by molar-refractivity contribution is 0.187. The van der Waals surface area contributed by atoms with Gasteiger partial charge in [0.2, 0.25) is 0 Å². The summed E-state index contributed by atoms with van der Waals surface area (Å²) in [6.07, 6.45) is 0. The maximum atomic E-state index is 10.3. The zero-order chi connectivity index (χ0) is 6.20. The van der Waals surface area contributed by atoms with E-state index in [0.717, 1.165) is 0 Å². The van der Waals surface area contributed by atoms with Crippen molar-refractivity contribution in [1.29, 1.82) is 0 Å². The van der Waals surface area contributed by atoms with Gasteiger partial charge >= 0.3 is 5.30 Å². The quantitative estimate of drug-likeness (QED) is 0.423. The second kappa shape index (κ2) is 1.45. The molecule has 0 aromatic heterocycles. The molecule has 1 heterocycles. The summed E-state index contributed by atoms with van der Waals surface area (Å²) in [6.45, 7) is 0.0150. The molecule has 46 valence electrons. The molecular weight excluding hydrogens is 132 g/mol. The van der Waals surface area contributed by atoms with E-state index in [9.17, 15) is 13.2 Å². The fourth-order valence-electron chi connectivity index (χ4n) is 0.408. The van der Waals surface area contributed by atoms with Gasteiger partial charge in [-0.25, -0.2) is 13.2 Å². The summed E-state index contributed by atoms with van der Waals surface area (Å²) in [5, 5.41) is -1.09. The van der Waals surface area contributed by atoms with Crippen LogP contribution in [0.15, 0.2) is 0 Å². The molecule has 0 unspecified atom stereocenters. The van der Waals surface area contributed by atoms with Crippen LogP contribution < -0.4 is 0 Å². The SMILES string of the molecule is O=C1OCCS1(=O)=O. The third-order valence-corrected chi connectivity index (χ3v) is 2.16. The predicted octanol–water partition coefficient (Wildman–Crippen LogP) is -0.449. The van der Waals surface area contributed by atoms with Crippen molar-refractivity contribution in [1.82, 2.24) is 0 Å². The first-order valence-corrected chi connectivity index (χ1v) is 3.68. The molecule has 5 heteroatoms. The lowest BCUT2D eigenvalue weighted by atomic mass is 10.9. The van der Waals surface area contributed by atoms with Crippen molar-refractivity contribution in [2.75, 3.05) is 12.4 Å². The second-order valence-corrected chi connectivity index (χ2v) is 3.39. The number of ether oxygens (including phenoxy) is 1. The van der Waals surface area contributed by atoms with Crippen LogP contribution in [0.5, 0.6) is 0 Å². The van der Waals surface area contributed by atoms with E-state index in [1.165, 1.54) is 0 Å². The molecule has 0 spiro atoms. The van der Waals surface area contributed by atoms with E-state index in [1.807, 2.05) is 0 Å². The van der Waals surface area contributed by atoms with E-state index in [2.05, 4.69) is 4.74 Å². The number of hydrogen-bond acceptors (Lipinski definition) is 4. The summed E-state index contributed by atoms with van der Waals surface area (Å²) in [6, 6.07) is 0. The third kappa shape index (κ3) is 0.686. The normalized spacial score (nSPS) is 25.2. The second-order valence-electron chi connectivity index (χ2n) is 1.42. The number of carbonyl (C=O) groups excluding carboxylic acids is 1. The Labute approximate surface area is 46.4 Å². The van der Waals surface area contributed by atoms with Crippen molar-refractivity contribution in [3.05, 3.63) is 0 Å². The summed E-state index contributed by atoms with van der Waals surface area (Å²) in [7, 11) is -3.49. The number of rotatable bonds is 0. The molecule has 1 aliphatic heterocycles. The van der Waals surface area contributed by atoms with Gasteiger partial charge in [-0.05, 0) is 0 Å². The zero-order valence-electron chi connectivity index (χ0n) is 3.96. The lowest BCUT2D eigenvalue weighted by Crippen LogP contribution is -2.06. The minimum absolute atomic E-state index is 0.0150. The topological polar surface area (TPSA) is 60.4 Å². The first-order chi connectivity index (χ1) is 3.63. The van der Waals surface area contributed by atoms with Gasteiger partial charge in [-0.1, -0.05) is 0 Å². The fourth-order valence-corrected chi connectivity index (χ4v) is 1.14. The molecule has 0 atom stereocenters. The Morgan fingerprint density at radius 3 is 2.25 bits per heavy atom. The highest BCUT2D eigenvalue weighted by Crippen LogP contribution is 2.03. The minimum Gasteiger partial charge on any atom is -0.453 e. The molecule has 0 bridgehead atoms. The standard InChI is InChI=1S/C3H4O4S/c4-3-7-1-2-8(3,5)6/h1-2H2. The summed E-state index contributed by atoms with van der Waals surface area (Å²) >= 11 is 0. The first kappa shape index (κ1) is 5.55. The van der Waals surface area contributed by atoms with Crippen molar-refractivity contribution >= 4 is 15.1 Å². The molecular formula is C3H4O4S. The highest BCUT2D eigenvalue weighted by atomic mass is 32.2. The number of carbonyl (C=O) groups is 1. The van der Waals surface area contributed by atoms with E-state index < -0.39 is 15.1 Å². The van der Waals surface area contributed by atoms with Crippen molar-refractivity contribution in [2.24, 2.45) is 0 Å². The van der Waals surface area contributed by atoms with Crippen LogP contribution in [0.25, 0.3) is 0 Å². The van der Waals surface area contributed by atoms with Gasteiger partial charge in [0.1, 0.15) is 6.61 Å². The maximum absolute atomic E-state index is 10.3. The van der Waals surface area contributed by atoms with Crippen LogP contribution in [0.1, 0.15) is 0 Å². The van der Waals surface area contributed by atoms with E-state index >= 15 is 0 Å². The average Bonchev–Trinajstić information content (AvgIpc) is 1.86. The van der Waals surface area contributed by atoms with Gasteiger partial charge < -0.3 is 4.74 Å². The highest BCUT2D eigenvalue weighted by Gasteiger charge is 2.30. The van der Waals surface area contributed by atoms with Gasteiger partial charge in [0.15, 0.2) is 0 Å². The molecule has 0 radical (unpaired) electrons. The smallest absolute Gasteiger partial charge is 0.425 e. The lowest BCUT2D eigenvalue weighted by Gasteiger charge is -1.81. The Morgan fingerprint density at radius 1 is 1.50 bits per heavy atom. The van der Waals surface area contributed by atoms with E-state index in [-0.39, 0.29) is 12.4 Å². The Kier molecular flexibility index (Phi) is 1.00. The van der Waals surface area contributed by atoms with Crippen molar-refractivity contribution < 1.29 is 17.9 Å². The molecule has 1 aliphatic rings. The maximum Gasteiger partial charge on any atom is 0.425 e. The Bertz CT molecular complexity index is 201. The molecule has 0 N–H and O–H groups in total. The Balaban J connectivity index is 3.02. The highest BCUT2D eigenvalue weighted by molar-refractivity contribution is 8.06. The molecule has 4 nitrogen and oxygen atoms in total. The molecule has 0 saturated carbocycles. The molecule has 1 saturated heterocycles. The molecule has 0 amide bonds. The molecule has 1 fully saturated rings. The van der Waals surface area contributed by atoms with Crippen LogP contribution in [0.2, 0.25) is 0 Å². The van der Waals surface area contributed by atoms with Crippen molar-refractivity contribution in [2.45, 2.75) is 0 Å². The van der Waals surface area contributed by atoms with Crippen LogP contribution in [0.3, 0.4) is 0 Å². The van der Waals surface area contributed by atoms with Crippen LogP contribution in [-0.4, -0.2) is 26.1 Å². The fraction of sp³-hybridized carbons (Fsp3) is 0.667. The van der Waals surface area contributed by atoms with E-state index in [1.54, 1.807) is 0 Å². The van der Waals surface area contributed by atoms with Crippen molar-refractivity contribution in [3.8, 4) is 0 Å². The summed E-state index contributed by atoms with van der Waals surface area (Å²) in [5.74, 6) is -0.161. The number of cyclic esters (lactones) is 1.